The predicted octanol–water partition coefficient (Wildman–Crippen LogP) is 4.83. The Morgan fingerprint density at radius 3 is 2.10 bits per heavy atom. The molecular formula is C14H8BrF5O. The van der Waals surface area contributed by atoms with Crippen LogP contribution in [0.5, 0.6) is 0 Å². The van der Waals surface area contributed by atoms with Crippen molar-refractivity contribution in [3.05, 3.63) is 69.2 Å². The van der Waals surface area contributed by atoms with Gasteiger partial charge < -0.3 is 5.11 Å². The molecule has 0 heterocycles. The number of hydrogen-bond acceptors (Lipinski definition) is 1. The lowest BCUT2D eigenvalue weighted by atomic mass is 9.98. The lowest BCUT2D eigenvalue weighted by Gasteiger charge is -2.15. The minimum Gasteiger partial charge on any atom is -0.383 e. The van der Waals surface area contributed by atoms with Crippen molar-refractivity contribution in [2.75, 3.05) is 0 Å². The van der Waals surface area contributed by atoms with Gasteiger partial charge in [0.25, 0.3) is 0 Å². The van der Waals surface area contributed by atoms with Gasteiger partial charge in [-0.25, -0.2) is 8.78 Å². The van der Waals surface area contributed by atoms with E-state index in [0.29, 0.717) is 6.07 Å². The fourth-order valence-corrected chi connectivity index (χ4v) is 2.27. The summed E-state index contributed by atoms with van der Waals surface area (Å²) in [6, 6.07) is 5.55. The second kappa shape index (κ2) is 5.73. The van der Waals surface area contributed by atoms with Crippen LogP contribution in [-0.2, 0) is 6.18 Å². The molecule has 0 spiro atoms. The normalized spacial score (nSPS) is 13.3. The molecule has 7 heteroatoms. The highest BCUT2D eigenvalue weighted by atomic mass is 79.9. The maximum absolute atomic E-state index is 13.7. The summed E-state index contributed by atoms with van der Waals surface area (Å²) in [5.74, 6) is -2.10. The van der Waals surface area contributed by atoms with Crippen LogP contribution < -0.4 is 0 Å². The highest BCUT2D eigenvalue weighted by molar-refractivity contribution is 9.10. The summed E-state index contributed by atoms with van der Waals surface area (Å²) in [6.07, 6.45) is -6.44. The number of aliphatic hydroxyl groups excluding tert-OH is 1. The molecule has 0 fully saturated rings. The molecular weight excluding hydrogens is 359 g/mol. The van der Waals surface area contributed by atoms with Crippen LogP contribution in [0.2, 0.25) is 0 Å². The lowest BCUT2D eigenvalue weighted by molar-refractivity contribution is -0.137. The Kier molecular flexibility index (Phi) is 4.34. The molecule has 0 aliphatic carbocycles. The molecule has 2 aromatic carbocycles. The Morgan fingerprint density at radius 2 is 1.57 bits per heavy atom. The summed E-state index contributed by atoms with van der Waals surface area (Å²) in [5, 5.41) is 9.97. The van der Waals surface area contributed by atoms with E-state index in [1.165, 1.54) is 6.07 Å². The fraction of sp³-hybridized carbons (Fsp3) is 0.143. The zero-order valence-corrected chi connectivity index (χ0v) is 11.8. The van der Waals surface area contributed by atoms with Gasteiger partial charge in [0.15, 0.2) is 0 Å². The topological polar surface area (TPSA) is 20.2 Å². The van der Waals surface area contributed by atoms with Crippen molar-refractivity contribution >= 4 is 15.9 Å². The number of hydrogen-bond donors (Lipinski definition) is 1. The number of benzene rings is 2. The van der Waals surface area contributed by atoms with Gasteiger partial charge in [0.1, 0.15) is 17.7 Å². The zero-order chi connectivity index (χ0) is 15.8. The van der Waals surface area contributed by atoms with Crippen LogP contribution in [0.4, 0.5) is 22.0 Å². The summed E-state index contributed by atoms with van der Waals surface area (Å²) < 4.78 is 65.4. The Bertz CT molecular complexity index is 646. The lowest BCUT2D eigenvalue weighted by Crippen LogP contribution is -2.09. The van der Waals surface area contributed by atoms with Gasteiger partial charge in [-0.2, -0.15) is 13.2 Å². The molecule has 112 valence electrons. The Morgan fingerprint density at radius 1 is 1.00 bits per heavy atom. The third-order valence-corrected chi connectivity index (χ3v) is 3.30. The predicted molar refractivity (Wildman–Crippen MR) is 69.6 cm³/mol. The average Bonchev–Trinajstić information content (AvgIpc) is 2.36. The standard InChI is InChI=1S/C14H8BrF5O/c15-9-5-10(16)12(11(17)6-9)13(21)7-2-1-3-8(4-7)14(18,19)20/h1-6,13,21H. The first kappa shape index (κ1) is 15.9. The highest BCUT2D eigenvalue weighted by Crippen LogP contribution is 2.34. The molecule has 0 saturated carbocycles. The van der Waals surface area contributed by atoms with Crippen molar-refractivity contribution in [3.8, 4) is 0 Å². The first-order chi connectivity index (χ1) is 9.70. The van der Waals surface area contributed by atoms with Gasteiger partial charge in [-0.1, -0.05) is 28.1 Å². The molecule has 0 aliphatic heterocycles. The van der Waals surface area contributed by atoms with E-state index in [-0.39, 0.29) is 10.0 Å². The molecule has 1 nitrogen and oxygen atoms in total. The summed E-state index contributed by atoms with van der Waals surface area (Å²) in [5.41, 5.74) is -1.94. The van der Waals surface area contributed by atoms with E-state index >= 15 is 0 Å². The molecule has 21 heavy (non-hydrogen) atoms. The van der Waals surface area contributed by atoms with Crippen molar-refractivity contribution in [2.24, 2.45) is 0 Å². The Labute approximate surface area is 125 Å². The third-order valence-electron chi connectivity index (χ3n) is 2.85. The average molecular weight is 367 g/mol. The van der Waals surface area contributed by atoms with E-state index in [1.54, 1.807) is 0 Å². The van der Waals surface area contributed by atoms with E-state index < -0.39 is 35.0 Å². The van der Waals surface area contributed by atoms with Crippen LogP contribution in [0.3, 0.4) is 0 Å². The first-order valence-electron chi connectivity index (χ1n) is 5.70. The van der Waals surface area contributed by atoms with Crippen molar-refractivity contribution < 1.29 is 27.1 Å². The fourth-order valence-electron chi connectivity index (χ4n) is 1.87. The van der Waals surface area contributed by atoms with Crippen LogP contribution >= 0.6 is 15.9 Å². The Hall–Kier alpha value is -1.47. The van der Waals surface area contributed by atoms with Crippen molar-refractivity contribution in [3.63, 3.8) is 0 Å². The van der Waals surface area contributed by atoms with E-state index in [4.69, 9.17) is 0 Å². The second-order valence-electron chi connectivity index (χ2n) is 4.31. The maximum Gasteiger partial charge on any atom is 0.416 e. The number of halogens is 6. The van der Waals surface area contributed by atoms with Crippen molar-refractivity contribution in [2.45, 2.75) is 12.3 Å². The molecule has 1 unspecified atom stereocenters. The molecule has 2 aromatic rings. The third kappa shape index (κ3) is 3.41. The van der Waals surface area contributed by atoms with Crippen LogP contribution in [0.15, 0.2) is 40.9 Å². The minimum absolute atomic E-state index is 0.123. The molecule has 0 aliphatic rings. The smallest absolute Gasteiger partial charge is 0.383 e. The number of rotatable bonds is 2. The maximum atomic E-state index is 13.7. The van der Waals surface area contributed by atoms with Gasteiger partial charge in [-0.15, -0.1) is 0 Å². The monoisotopic (exact) mass is 366 g/mol. The van der Waals surface area contributed by atoms with Gasteiger partial charge >= 0.3 is 6.18 Å². The summed E-state index contributed by atoms with van der Waals surface area (Å²) in [6.45, 7) is 0. The van der Waals surface area contributed by atoms with Crippen molar-refractivity contribution in [1.82, 2.24) is 0 Å². The van der Waals surface area contributed by atoms with Crippen LogP contribution in [0.1, 0.15) is 22.8 Å². The van der Waals surface area contributed by atoms with E-state index in [0.717, 1.165) is 24.3 Å². The van der Waals surface area contributed by atoms with Gasteiger partial charge in [-0.3, -0.25) is 0 Å². The van der Waals surface area contributed by atoms with E-state index in [1.807, 2.05) is 0 Å². The molecule has 0 saturated heterocycles. The molecule has 0 bridgehead atoms. The molecule has 1 N–H and O–H groups in total. The second-order valence-corrected chi connectivity index (χ2v) is 5.22. The van der Waals surface area contributed by atoms with E-state index in [9.17, 15) is 27.1 Å². The van der Waals surface area contributed by atoms with Crippen LogP contribution in [0.25, 0.3) is 0 Å². The number of alkyl halides is 3. The van der Waals surface area contributed by atoms with Crippen LogP contribution in [0, 0.1) is 11.6 Å². The van der Waals surface area contributed by atoms with Crippen molar-refractivity contribution in [1.29, 1.82) is 0 Å². The molecule has 0 aromatic heterocycles. The largest absolute Gasteiger partial charge is 0.416 e. The van der Waals surface area contributed by atoms with E-state index in [2.05, 4.69) is 15.9 Å². The summed E-state index contributed by atoms with van der Waals surface area (Å²) in [7, 11) is 0. The van der Waals surface area contributed by atoms with Crippen LogP contribution in [-0.4, -0.2) is 5.11 Å². The first-order valence-corrected chi connectivity index (χ1v) is 6.49. The summed E-state index contributed by atoms with van der Waals surface area (Å²) >= 11 is 2.88. The minimum atomic E-state index is -4.60. The quantitative estimate of drug-likeness (QED) is 0.755. The zero-order valence-electron chi connectivity index (χ0n) is 10.3. The van der Waals surface area contributed by atoms with Gasteiger partial charge in [0.2, 0.25) is 0 Å². The van der Waals surface area contributed by atoms with Gasteiger partial charge in [0.05, 0.1) is 11.1 Å². The van der Waals surface area contributed by atoms with Gasteiger partial charge in [-0.05, 0) is 29.8 Å². The Balaban J connectivity index is 2.48. The highest BCUT2D eigenvalue weighted by Gasteiger charge is 2.31. The molecule has 2 rings (SSSR count). The molecule has 0 amide bonds. The SMILES string of the molecule is OC(c1cccc(C(F)(F)F)c1)c1c(F)cc(Br)cc1F. The van der Waals surface area contributed by atoms with Gasteiger partial charge in [0, 0.05) is 4.47 Å². The summed E-state index contributed by atoms with van der Waals surface area (Å²) in [4.78, 5) is 0. The molecule has 1 atom stereocenters. The molecule has 0 radical (unpaired) electrons. The number of aliphatic hydroxyl groups is 1.